The molecule has 1 atom stereocenters. The number of hydrogen-bond acceptors (Lipinski definition) is 5. The number of halogens is 2. The lowest BCUT2D eigenvalue weighted by molar-refractivity contribution is 0.236. The highest BCUT2D eigenvalue weighted by molar-refractivity contribution is 6.32. The summed E-state index contributed by atoms with van der Waals surface area (Å²) in [6.07, 6.45) is 0.450. The van der Waals surface area contributed by atoms with Gasteiger partial charge >= 0.3 is 6.03 Å². The molecule has 0 aliphatic heterocycles. The monoisotopic (exact) mass is 574 g/mol. The zero-order valence-corrected chi connectivity index (χ0v) is 22.8. The number of imidazole rings is 1. The quantitative estimate of drug-likeness (QED) is 0.153. The standard InChI is InChI=1S/C29H24Cl2N6O3/c1-16-24(37-40)21-14-19(10-11-22(21)33-28(16)38)25-26(31)36-27(35-25)23(13-17-6-3-2-4-7-17)34-29(39)32-15-18-8-5-9-20(30)12-18/h2-12,14,23H,13,15H2,1H3,(H,33,38)(H,35,36)(H2,32,34,39)/t23-/m0/s1. The summed E-state index contributed by atoms with van der Waals surface area (Å²) in [5.74, 6) is 0.452. The molecule has 5 rings (SSSR count). The smallest absolute Gasteiger partial charge is 0.315 e. The first-order valence-corrected chi connectivity index (χ1v) is 13.2. The molecule has 0 saturated carbocycles. The maximum atomic E-state index is 12.9. The number of urea groups is 1. The molecule has 11 heteroatoms. The molecule has 3 aromatic carbocycles. The number of aromatic nitrogens is 3. The van der Waals surface area contributed by atoms with Crippen LogP contribution in [-0.2, 0) is 13.0 Å². The first-order valence-electron chi connectivity index (χ1n) is 12.4. The summed E-state index contributed by atoms with van der Waals surface area (Å²) in [4.78, 5) is 47.2. The Kier molecular flexibility index (Phi) is 7.95. The van der Waals surface area contributed by atoms with E-state index in [-0.39, 0.29) is 28.0 Å². The van der Waals surface area contributed by atoms with Gasteiger partial charge in [-0.2, -0.15) is 0 Å². The van der Waals surface area contributed by atoms with E-state index in [1.165, 1.54) is 0 Å². The van der Waals surface area contributed by atoms with Crippen molar-refractivity contribution in [1.82, 2.24) is 25.6 Å². The third-order valence-corrected chi connectivity index (χ3v) is 7.03. The van der Waals surface area contributed by atoms with Gasteiger partial charge in [0.05, 0.1) is 11.6 Å². The fourth-order valence-corrected chi connectivity index (χ4v) is 4.93. The minimum absolute atomic E-state index is 0.0625. The van der Waals surface area contributed by atoms with E-state index in [0.717, 1.165) is 11.1 Å². The highest BCUT2D eigenvalue weighted by Gasteiger charge is 2.22. The Morgan fingerprint density at radius 2 is 1.77 bits per heavy atom. The summed E-state index contributed by atoms with van der Waals surface area (Å²) in [6.45, 7) is 1.83. The number of benzene rings is 3. The number of pyridine rings is 1. The number of carbonyl (C=O) groups is 1. The molecule has 4 N–H and O–H groups in total. The van der Waals surface area contributed by atoms with Gasteiger partial charge in [0.15, 0.2) is 0 Å². The van der Waals surface area contributed by atoms with Gasteiger partial charge in [-0.1, -0.05) is 71.7 Å². The highest BCUT2D eigenvalue weighted by Crippen LogP contribution is 2.33. The van der Waals surface area contributed by atoms with Crippen molar-refractivity contribution >= 4 is 45.8 Å². The van der Waals surface area contributed by atoms with Gasteiger partial charge in [-0.05, 0) is 53.9 Å². The van der Waals surface area contributed by atoms with E-state index in [1.807, 2.05) is 42.5 Å². The molecular formula is C29H24Cl2N6O3. The van der Waals surface area contributed by atoms with E-state index in [2.05, 4.69) is 25.8 Å². The predicted molar refractivity (Wildman–Crippen MR) is 157 cm³/mol. The fourth-order valence-electron chi connectivity index (χ4n) is 4.47. The molecule has 0 aliphatic carbocycles. The Hall–Kier alpha value is -4.47. The molecule has 2 heterocycles. The maximum Gasteiger partial charge on any atom is 0.315 e. The van der Waals surface area contributed by atoms with E-state index < -0.39 is 6.04 Å². The number of carbonyl (C=O) groups excluding carboxylic acids is 1. The molecule has 0 bridgehead atoms. The molecule has 9 nitrogen and oxygen atoms in total. The maximum absolute atomic E-state index is 12.9. The van der Waals surface area contributed by atoms with Crippen LogP contribution < -0.4 is 16.2 Å². The Balaban J connectivity index is 1.45. The van der Waals surface area contributed by atoms with Gasteiger partial charge in [-0.25, -0.2) is 9.78 Å². The summed E-state index contributed by atoms with van der Waals surface area (Å²) in [6, 6.07) is 21.1. The summed E-state index contributed by atoms with van der Waals surface area (Å²) in [5.41, 5.74) is 3.28. The topological polar surface area (TPSA) is 132 Å². The van der Waals surface area contributed by atoms with Crippen LogP contribution in [0.4, 0.5) is 10.5 Å². The number of nitroso groups, excluding NO2 is 1. The van der Waals surface area contributed by atoms with Crippen LogP contribution in [-0.4, -0.2) is 21.0 Å². The van der Waals surface area contributed by atoms with Crippen LogP contribution in [0, 0.1) is 11.8 Å². The van der Waals surface area contributed by atoms with Crippen LogP contribution in [0.3, 0.4) is 0 Å². The van der Waals surface area contributed by atoms with E-state index >= 15 is 0 Å². The molecule has 2 aromatic heterocycles. The number of amides is 2. The van der Waals surface area contributed by atoms with Crippen LogP contribution in [0.25, 0.3) is 22.2 Å². The fraction of sp³-hybridized carbons (Fsp3) is 0.138. The lowest BCUT2D eigenvalue weighted by Crippen LogP contribution is -2.38. The summed E-state index contributed by atoms with van der Waals surface area (Å²) in [7, 11) is 0. The number of aromatic amines is 2. The van der Waals surface area contributed by atoms with Gasteiger partial charge in [-0.15, -0.1) is 4.91 Å². The van der Waals surface area contributed by atoms with Crippen molar-refractivity contribution in [2.24, 2.45) is 5.18 Å². The molecule has 5 aromatic rings. The van der Waals surface area contributed by atoms with Gasteiger partial charge in [0.2, 0.25) is 0 Å². The third kappa shape index (κ3) is 5.90. The normalized spacial score (nSPS) is 11.8. The van der Waals surface area contributed by atoms with Gasteiger partial charge in [0.1, 0.15) is 22.4 Å². The highest BCUT2D eigenvalue weighted by atomic mass is 35.5. The zero-order valence-electron chi connectivity index (χ0n) is 21.3. The average Bonchev–Trinajstić information content (AvgIpc) is 3.34. The number of H-pyrrole nitrogens is 2. The summed E-state index contributed by atoms with van der Waals surface area (Å²) < 4.78 is 0. The van der Waals surface area contributed by atoms with Crippen molar-refractivity contribution in [2.45, 2.75) is 25.9 Å². The molecule has 40 heavy (non-hydrogen) atoms. The molecule has 0 aliphatic rings. The SMILES string of the molecule is Cc1c(N=O)c2cc(-c3nc([C@H](Cc4ccccc4)NC(=O)NCc4cccc(Cl)c4)[nH]c3Cl)ccc2[nH]c1=O. The van der Waals surface area contributed by atoms with Crippen molar-refractivity contribution in [3.8, 4) is 11.3 Å². The van der Waals surface area contributed by atoms with Gasteiger partial charge < -0.3 is 20.6 Å². The molecule has 2 amide bonds. The lowest BCUT2D eigenvalue weighted by atomic mass is 10.0. The minimum atomic E-state index is -0.542. The van der Waals surface area contributed by atoms with Crippen LogP contribution in [0.15, 0.2) is 82.8 Å². The van der Waals surface area contributed by atoms with Crippen molar-refractivity contribution in [1.29, 1.82) is 0 Å². The number of fused-ring (bicyclic) bond motifs is 1. The van der Waals surface area contributed by atoms with E-state index in [0.29, 0.717) is 46.0 Å². The second kappa shape index (κ2) is 11.7. The molecule has 0 radical (unpaired) electrons. The van der Waals surface area contributed by atoms with E-state index in [4.69, 9.17) is 28.2 Å². The van der Waals surface area contributed by atoms with Gasteiger partial charge in [-0.3, -0.25) is 4.79 Å². The number of nitrogens with zero attached hydrogens (tertiary/aromatic N) is 2. The molecule has 0 spiro atoms. The number of hydrogen-bond donors (Lipinski definition) is 4. The van der Waals surface area contributed by atoms with Crippen LogP contribution >= 0.6 is 23.2 Å². The van der Waals surface area contributed by atoms with Crippen molar-refractivity contribution in [3.63, 3.8) is 0 Å². The first kappa shape index (κ1) is 27.1. The van der Waals surface area contributed by atoms with Crippen molar-refractivity contribution < 1.29 is 4.79 Å². The summed E-state index contributed by atoms with van der Waals surface area (Å²) >= 11 is 12.7. The van der Waals surface area contributed by atoms with E-state index in [9.17, 15) is 14.5 Å². The molecule has 0 unspecified atom stereocenters. The second-order valence-electron chi connectivity index (χ2n) is 9.26. The van der Waals surface area contributed by atoms with Crippen molar-refractivity contribution in [2.75, 3.05) is 0 Å². The molecule has 202 valence electrons. The second-order valence-corrected chi connectivity index (χ2v) is 10.1. The average molecular weight is 575 g/mol. The van der Waals surface area contributed by atoms with Gasteiger partial charge in [0, 0.05) is 28.1 Å². The molecule has 0 saturated heterocycles. The first-order chi connectivity index (χ1) is 19.3. The Labute approximate surface area is 238 Å². The number of nitrogens with one attached hydrogen (secondary N) is 4. The minimum Gasteiger partial charge on any atom is -0.334 e. The third-order valence-electron chi connectivity index (χ3n) is 6.52. The largest absolute Gasteiger partial charge is 0.334 e. The zero-order chi connectivity index (χ0) is 28.2. The molecule has 0 fully saturated rings. The van der Waals surface area contributed by atoms with Crippen LogP contribution in [0.2, 0.25) is 10.2 Å². The molecular weight excluding hydrogens is 551 g/mol. The number of rotatable bonds is 8. The van der Waals surface area contributed by atoms with E-state index in [1.54, 1.807) is 37.3 Å². The Morgan fingerprint density at radius 1 is 1.00 bits per heavy atom. The van der Waals surface area contributed by atoms with Crippen molar-refractivity contribution in [3.05, 3.63) is 121 Å². The Morgan fingerprint density at radius 3 is 2.52 bits per heavy atom. The Bertz CT molecular complexity index is 1770. The summed E-state index contributed by atoms with van der Waals surface area (Å²) in [5, 5.41) is 10.2. The lowest BCUT2D eigenvalue weighted by Gasteiger charge is -2.17. The van der Waals surface area contributed by atoms with Gasteiger partial charge in [0.25, 0.3) is 5.56 Å². The predicted octanol–water partition coefficient (Wildman–Crippen LogP) is 6.71. The van der Waals surface area contributed by atoms with Crippen LogP contribution in [0.5, 0.6) is 0 Å². The van der Waals surface area contributed by atoms with Crippen LogP contribution in [0.1, 0.15) is 28.6 Å².